The van der Waals surface area contributed by atoms with Crippen LogP contribution in [0.3, 0.4) is 0 Å². The maximum Gasteiger partial charge on any atom is 0.236 e. The molecule has 0 radical (unpaired) electrons. The van der Waals surface area contributed by atoms with Crippen LogP contribution in [0.5, 0.6) is 0 Å². The summed E-state index contributed by atoms with van der Waals surface area (Å²) in [5, 5.41) is 5.08. The molecular weight excluding hydrogens is 146 g/mol. The molecule has 2 amide bonds. The van der Waals surface area contributed by atoms with E-state index in [2.05, 4.69) is 10.6 Å². The third kappa shape index (κ3) is 4.32. The molecule has 1 atom stereocenters. The van der Waals surface area contributed by atoms with Crippen LogP contribution in [0.25, 0.3) is 0 Å². The van der Waals surface area contributed by atoms with Crippen molar-refractivity contribution < 1.29 is 9.59 Å². The average molecular weight is 159 g/mol. The monoisotopic (exact) mass is 159 g/mol. The Morgan fingerprint density at radius 3 is 2.45 bits per heavy atom. The Hall–Kier alpha value is -1.10. The van der Waals surface area contributed by atoms with Crippen molar-refractivity contribution in [3.8, 4) is 0 Å². The molecule has 0 aromatic heterocycles. The van der Waals surface area contributed by atoms with E-state index in [0.717, 1.165) is 0 Å². The highest BCUT2D eigenvalue weighted by Crippen LogP contribution is 1.78. The molecule has 0 saturated heterocycles. The molecule has 0 fully saturated rings. The Labute approximate surface area is 65.3 Å². The van der Waals surface area contributed by atoms with Crippen LogP contribution in [0.1, 0.15) is 6.92 Å². The van der Waals surface area contributed by atoms with Gasteiger partial charge in [0.05, 0.1) is 12.6 Å². The SMILES string of the molecule is CNC(=O)C(C)NCC(N)=O. The molecule has 0 aliphatic heterocycles. The van der Waals surface area contributed by atoms with E-state index in [-0.39, 0.29) is 18.5 Å². The highest BCUT2D eigenvalue weighted by molar-refractivity contribution is 5.82. The smallest absolute Gasteiger partial charge is 0.236 e. The second-order valence-corrected chi connectivity index (χ2v) is 2.18. The fourth-order valence-corrected chi connectivity index (χ4v) is 0.563. The summed E-state index contributed by atoms with van der Waals surface area (Å²) in [6.45, 7) is 1.68. The van der Waals surface area contributed by atoms with Crippen LogP contribution >= 0.6 is 0 Å². The summed E-state index contributed by atoms with van der Waals surface area (Å²) in [5.41, 5.74) is 4.85. The van der Waals surface area contributed by atoms with Crippen LogP contribution in [-0.2, 0) is 9.59 Å². The van der Waals surface area contributed by atoms with E-state index >= 15 is 0 Å². The fraction of sp³-hybridized carbons (Fsp3) is 0.667. The summed E-state index contributed by atoms with van der Waals surface area (Å²) in [5.74, 6) is -0.632. The summed E-state index contributed by atoms with van der Waals surface area (Å²) in [4.78, 5) is 21.0. The summed E-state index contributed by atoms with van der Waals surface area (Å²) < 4.78 is 0. The summed E-state index contributed by atoms with van der Waals surface area (Å²) in [7, 11) is 1.53. The number of primary amides is 1. The topological polar surface area (TPSA) is 84.2 Å². The number of carbonyl (C=O) groups is 2. The van der Waals surface area contributed by atoms with Crippen molar-refractivity contribution in [3.63, 3.8) is 0 Å². The molecule has 11 heavy (non-hydrogen) atoms. The van der Waals surface area contributed by atoms with Gasteiger partial charge in [0.2, 0.25) is 11.8 Å². The largest absolute Gasteiger partial charge is 0.369 e. The number of hydrogen-bond donors (Lipinski definition) is 3. The van der Waals surface area contributed by atoms with Gasteiger partial charge in [-0.25, -0.2) is 0 Å². The van der Waals surface area contributed by atoms with E-state index in [9.17, 15) is 9.59 Å². The first-order chi connectivity index (χ1) is 5.07. The molecule has 0 aromatic carbocycles. The minimum atomic E-state index is -0.472. The minimum Gasteiger partial charge on any atom is -0.369 e. The average Bonchev–Trinajstić information content (AvgIpc) is 1.98. The molecule has 0 spiro atoms. The Morgan fingerprint density at radius 2 is 2.09 bits per heavy atom. The van der Waals surface area contributed by atoms with E-state index < -0.39 is 5.91 Å². The molecule has 0 aliphatic carbocycles. The fourth-order valence-electron chi connectivity index (χ4n) is 0.563. The normalized spacial score (nSPS) is 12.2. The van der Waals surface area contributed by atoms with Crippen LogP contribution in [0, 0.1) is 0 Å². The lowest BCUT2D eigenvalue weighted by Gasteiger charge is -2.09. The van der Waals surface area contributed by atoms with Crippen molar-refractivity contribution in [1.29, 1.82) is 0 Å². The van der Waals surface area contributed by atoms with Crippen molar-refractivity contribution >= 4 is 11.8 Å². The van der Waals surface area contributed by atoms with Crippen LogP contribution < -0.4 is 16.4 Å². The van der Waals surface area contributed by atoms with Crippen molar-refractivity contribution in [1.82, 2.24) is 10.6 Å². The first kappa shape index (κ1) is 9.90. The maximum absolute atomic E-state index is 10.8. The van der Waals surface area contributed by atoms with Gasteiger partial charge in [0.25, 0.3) is 0 Å². The van der Waals surface area contributed by atoms with Gasteiger partial charge in [0, 0.05) is 7.05 Å². The van der Waals surface area contributed by atoms with E-state index in [4.69, 9.17) is 5.73 Å². The molecule has 0 saturated carbocycles. The predicted octanol–water partition coefficient (Wildman–Crippen LogP) is -1.80. The van der Waals surface area contributed by atoms with Crippen LogP contribution in [0.2, 0.25) is 0 Å². The molecule has 0 heterocycles. The van der Waals surface area contributed by atoms with Crippen molar-refractivity contribution in [2.45, 2.75) is 13.0 Å². The molecule has 64 valence electrons. The van der Waals surface area contributed by atoms with Gasteiger partial charge in [-0.2, -0.15) is 0 Å². The Bertz CT molecular complexity index is 158. The van der Waals surface area contributed by atoms with E-state index in [1.165, 1.54) is 7.05 Å². The summed E-state index contributed by atoms with van der Waals surface area (Å²) in [6.07, 6.45) is 0. The Balaban J connectivity index is 3.60. The third-order valence-corrected chi connectivity index (χ3v) is 1.22. The molecule has 1 unspecified atom stereocenters. The second-order valence-electron chi connectivity index (χ2n) is 2.18. The van der Waals surface area contributed by atoms with E-state index in [1.807, 2.05) is 0 Å². The lowest BCUT2D eigenvalue weighted by Crippen LogP contribution is -2.43. The molecule has 0 aliphatic rings. The lowest BCUT2D eigenvalue weighted by molar-refractivity contribution is -0.122. The first-order valence-electron chi connectivity index (χ1n) is 3.31. The van der Waals surface area contributed by atoms with E-state index in [1.54, 1.807) is 6.92 Å². The minimum absolute atomic E-state index is 0.0224. The maximum atomic E-state index is 10.8. The number of amides is 2. The summed E-state index contributed by atoms with van der Waals surface area (Å²) in [6, 6.07) is -0.382. The van der Waals surface area contributed by atoms with Crippen LogP contribution in [-0.4, -0.2) is 31.4 Å². The van der Waals surface area contributed by atoms with Gasteiger partial charge in [-0.3, -0.25) is 14.9 Å². The van der Waals surface area contributed by atoms with Crippen LogP contribution in [0.4, 0.5) is 0 Å². The Morgan fingerprint density at radius 1 is 1.55 bits per heavy atom. The zero-order chi connectivity index (χ0) is 8.85. The standard InChI is InChI=1S/C6H13N3O2/c1-4(6(11)8-2)9-3-5(7)10/h4,9H,3H2,1-2H3,(H2,7,10)(H,8,11). The molecular formula is C6H13N3O2. The third-order valence-electron chi connectivity index (χ3n) is 1.22. The number of hydrogen-bond acceptors (Lipinski definition) is 3. The number of nitrogens with one attached hydrogen (secondary N) is 2. The van der Waals surface area contributed by atoms with E-state index in [0.29, 0.717) is 0 Å². The van der Waals surface area contributed by atoms with Gasteiger partial charge in [-0.1, -0.05) is 0 Å². The Kier molecular flexibility index (Phi) is 4.21. The molecule has 0 rings (SSSR count). The molecule has 0 bridgehead atoms. The van der Waals surface area contributed by atoms with Crippen molar-refractivity contribution in [2.24, 2.45) is 5.73 Å². The van der Waals surface area contributed by atoms with Gasteiger partial charge < -0.3 is 11.1 Å². The van der Waals surface area contributed by atoms with Gasteiger partial charge in [0.1, 0.15) is 0 Å². The molecule has 5 heteroatoms. The predicted molar refractivity (Wildman–Crippen MR) is 40.7 cm³/mol. The second kappa shape index (κ2) is 4.68. The molecule has 0 aromatic rings. The van der Waals surface area contributed by atoms with Crippen molar-refractivity contribution in [3.05, 3.63) is 0 Å². The zero-order valence-corrected chi connectivity index (χ0v) is 6.68. The molecule has 5 nitrogen and oxygen atoms in total. The van der Waals surface area contributed by atoms with Gasteiger partial charge in [0.15, 0.2) is 0 Å². The number of carbonyl (C=O) groups excluding carboxylic acids is 2. The van der Waals surface area contributed by atoms with Gasteiger partial charge >= 0.3 is 0 Å². The summed E-state index contributed by atoms with van der Waals surface area (Å²) >= 11 is 0. The van der Waals surface area contributed by atoms with Gasteiger partial charge in [-0.05, 0) is 6.92 Å². The first-order valence-corrected chi connectivity index (χ1v) is 3.31. The highest BCUT2D eigenvalue weighted by atomic mass is 16.2. The number of rotatable bonds is 4. The van der Waals surface area contributed by atoms with Crippen LogP contribution in [0.15, 0.2) is 0 Å². The zero-order valence-electron chi connectivity index (χ0n) is 6.68. The quantitative estimate of drug-likeness (QED) is 0.452. The van der Waals surface area contributed by atoms with Crippen molar-refractivity contribution in [2.75, 3.05) is 13.6 Å². The lowest BCUT2D eigenvalue weighted by atomic mass is 10.3. The molecule has 4 N–H and O–H groups in total. The number of likely N-dealkylation sites (N-methyl/N-ethyl adjacent to an activating group) is 1. The number of nitrogens with two attached hydrogens (primary N) is 1. The van der Waals surface area contributed by atoms with Gasteiger partial charge in [-0.15, -0.1) is 0 Å². The highest BCUT2D eigenvalue weighted by Gasteiger charge is 2.09.